The van der Waals surface area contributed by atoms with Gasteiger partial charge < -0.3 is 35.1 Å². The molecular weight excluding hydrogens is 732 g/mol. The highest BCUT2D eigenvalue weighted by molar-refractivity contribution is 6.32. The summed E-state index contributed by atoms with van der Waals surface area (Å²) in [5, 5.41) is 19.7. The van der Waals surface area contributed by atoms with Gasteiger partial charge in [-0.2, -0.15) is 0 Å². The number of hydrogen-bond acceptors (Lipinski definition) is 9. The summed E-state index contributed by atoms with van der Waals surface area (Å²) < 4.78 is 19.0. The highest BCUT2D eigenvalue weighted by atomic mass is 35.5. The van der Waals surface area contributed by atoms with Crippen LogP contribution in [0.5, 0.6) is 17.2 Å². The zero-order chi connectivity index (χ0) is 39.7. The number of likely N-dealkylation sites (tertiary alicyclic amines) is 2. The number of pyridine rings is 1. The van der Waals surface area contributed by atoms with Crippen LogP contribution in [0, 0.1) is 19.3 Å². The van der Waals surface area contributed by atoms with Crippen molar-refractivity contribution in [1.29, 1.82) is 0 Å². The lowest BCUT2D eigenvalue weighted by Gasteiger charge is -2.37. The van der Waals surface area contributed by atoms with Crippen LogP contribution in [0.1, 0.15) is 76.7 Å². The smallest absolute Gasteiger partial charge is 0.312 e. The standard InChI is InChI=1S/C44H53ClN4O7/c1-30-33(9-6-10-36(30)37-11-7-12-39(31(37)2)54-20-8-17-48-18-13-44(29-50,14-19-48)43(52)53)28-56-41-23-40(55-27-32-21-34(42(46)51)25-47-24-32)35(22-38(41)45)26-49-15-4-3-5-16-49/h6-7,9-12,21-25,50H,3-5,8,13-20,26-29H2,1-2H3,(H2,46,51)(H,52,53). The number of piperidine rings is 2. The van der Waals surface area contributed by atoms with E-state index in [1.165, 1.54) is 12.6 Å². The van der Waals surface area contributed by atoms with E-state index in [-0.39, 0.29) is 13.2 Å². The normalized spacial score (nSPS) is 16.0. The zero-order valence-electron chi connectivity index (χ0n) is 32.4. The van der Waals surface area contributed by atoms with Crippen LogP contribution >= 0.6 is 11.6 Å². The molecule has 11 nitrogen and oxygen atoms in total. The average Bonchev–Trinajstić information content (AvgIpc) is 3.20. The molecule has 1 aromatic heterocycles. The van der Waals surface area contributed by atoms with Gasteiger partial charge in [0.2, 0.25) is 5.91 Å². The second-order valence-corrected chi connectivity index (χ2v) is 15.5. The Kier molecular flexibility index (Phi) is 13.9. The lowest BCUT2D eigenvalue weighted by molar-refractivity contribution is -0.155. The monoisotopic (exact) mass is 784 g/mol. The Morgan fingerprint density at radius 1 is 0.821 bits per heavy atom. The summed E-state index contributed by atoms with van der Waals surface area (Å²) in [6.07, 6.45) is 8.38. The minimum absolute atomic E-state index is 0.199. The third-order valence-electron chi connectivity index (χ3n) is 11.3. The Hall–Kier alpha value is -4.68. The Morgan fingerprint density at radius 2 is 1.54 bits per heavy atom. The van der Waals surface area contributed by atoms with Gasteiger partial charge in [0, 0.05) is 42.7 Å². The van der Waals surface area contributed by atoms with Crippen molar-refractivity contribution in [1.82, 2.24) is 14.8 Å². The number of aromatic nitrogens is 1. The summed E-state index contributed by atoms with van der Waals surface area (Å²) in [6, 6.07) is 17.8. The Bertz CT molecular complexity index is 1990. The molecular formula is C44H53ClN4O7. The molecule has 4 N–H and O–H groups in total. The molecule has 1 amide bonds. The molecule has 2 aliphatic heterocycles. The van der Waals surface area contributed by atoms with Crippen LogP contribution in [-0.4, -0.2) is 82.8 Å². The first-order chi connectivity index (χ1) is 27.1. The van der Waals surface area contributed by atoms with Crippen molar-refractivity contribution in [3.05, 3.63) is 105 Å². The number of primary amides is 1. The van der Waals surface area contributed by atoms with Crippen LogP contribution in [0.2, 0.25) is 5.02 Å². The predicted molar refractivity (Wildman–Crippen MR) is 216 cm³/mol. The van der Waals surface area contributed by atoms with Gasteiger partial charge in [0.25, 0.3) is 0 Å². The summed E-state index contributed by atoms with van der Waals surface area (Å²) in [4.78, 5) is 32.2. The highest BCUT2D eigenvalue weighted by Crippen LogP contribution is 2.37. The molecule has 0 radical (unpaired) electrons. The van der Waals surface area contributed by atoms with E-state index >= 15 is 0 Å². The maximum Gasteiger partial charge on any atom is 0.312 e. The number of carbonyl (C=O) groups is 2. The molecule has 12 heteroatoms. The number of aliphatic hydroxyl groups is 1. The van der Waals surface area contributed by atoms with Gasteiger partial charge in [0.15, 0.2) is 0 Å². The molecule has 2 fully saturated rings. The van der Waals surface area contributed by atoms with Crippen molar-refractivity contribution in [2.45, 2.75) is 72.1 Å². The van der Waals surface area contributed by atoms with Crippen molar-refractivity contribution in [3.63, 3.8) is 0 Å². The Labute approximate surface area is 334 Å². The molecule has 0 spiro atoms. The van der Waals surface area contributed by atoms with E-state index in [2.05, 4.69) is 46.8 Å². The van der Waals surface area contributed by atoms with Crippen LogP contribution in [0.25, 0.3) is 11.1 Å². The second kappa shape index (κ2) is 19.0. The molecule has 3 heterocycles. The molecule has 56 heavy (non-hydrogen) atoms. The minimum Gasteiger partial charge on any atom is -0.493 e. The lowest BCUT2D eigenvalue weighted by atomic mass is 9.79. The quantitative estimate of drug-likeness (QED) is 0.0941. The van der Waals surface area contributed by atoms with Crippen molar-refractivity contribution in [3.8, 4) is 28.4 Å². The summed E-state index contributed by atoms with van der Waals surface area (Å²) in [7, 11) is 0. The molecule has 0 atom stereocenters. The highest BCUT2D eigenvalue weighted by Gasteiger charge is 2.40. The van der Waals surface area contributed by atoms with Gasteiger partial charge in [-0.1, -0.05) is 48.4 Å². The number of rotatable bonds is 17. The van der Waals surface area contributed by atoms with Crippen molar-refractivity contribution >= 4 is 23.5 Å². The zero-order valence-corrected chi connectivity index (χ0v) is 33.2. The number of ether oxygens (including phenoxy) is 3. The third kappa shape index (κ3) is 10.00. The van der Waals surface area contributed by atoms with E-state index in [9.17, 15) is 19.8 Å². The van der Waals surface area contributed by atoms with Gasteiger partial charge in [-0.3, -0.25) is 19.5 Å². The molecule has 298 valence electrons. The predicted octanol–water partition coefficient (Wildman–Crippen LogP) is 7.19. The van der Waals surface area contributed by atoms with E-state index in [0.717, 1.165) is 83.6 Å². The van der Waals surface area contributed by atoms with Crippen LogP contribution in [0.4, 0.5) is 0 Å². The molecule has 0 saturated carbocycles. The Morgan fingerprint density at radius 3 is 2.25 bits per heavy atom. The van der Waals surface area contributed by atoms with Gasteiger partial charge in [-0.25, -0.2) is 0 Å². The lowest BCUT2D eigenvalue weighted by Crippen LogP contribution is -2.46. The van der Waals surface area contributed by atoms with Crippen LogP contribution in [0.3, 0.4) is 0 Å². The first kappa shape index (κ1) is 41.0. The first-order valence-electron chi connectivity index (χ1n) is 19.5. The fraction of sp³-hybridized carbons (Fsp3) is 0.432. The number of carboxylic acid groups (broad SMARTS) is 1. The average molecular weight is 785 g/mol. The van der Waals surface area contributed by atoms with Crippen LogP contribution < -0.4 is 19.9 Å². The number of aliphatic hydroxyl groups excluding tert-OH is 1. The van der Waals surface area contributed by atoms with Gasteiger partial charge in [0.1, 0.15) is 30.5 Å². The van der Waals surface area contributed by atoms with Crippen LogP contribution in [0.15, 0.2) is 67.0 Å². The van der Waals surface area contributed by atoms with Gasteiger partial charge in [0.05, 0.1) is 29.2 Å². The maximum absolute atomic E-state index is 11.7. The van der Waals surface area contributed by atoms with E-state index in [0.29, 0.717) is 67.8 Å². The van der Waals surface area contributed by atoms with Gasteiger partial charge >= 0.3 is 5.97 Å². The van der Waals surface area contributed by atoms with Crippen LogP contribution in [-0.2, 0) is 24.6 Å². The number of carboxylic acids is 1. The van der Waals surface area contributed by atoms with E-state index in [4.69, 9.17) is 31.5 Å². The minimum atomic E-state index is -1.02. The molecule has 3 aromatic carbocycles. The fourth-order valence-corrected chi connectivity index (χ4v) is 7.87. The summed E-state index contributed by atoms with van der Waals surface area (Å²) in [5.74, 6) is 0.555. The SMILES string of the molecule is Cc1c(COc2cc(OCc3cncc(C(N)=O)c3)c(CN3CCCCC3)cc2Cl)cccc1-c1cccc(OCCCN2CCC(CO)(C(=O)O)CC2)c1C. The second-order valence-electron chi connectivity index (χ2n) is 15.1. The number of benzene rings is 3. The molecule has 6 rings (SSSR count). The number of halogens is 1. The van der Waals surface area contributed by atoms with E-state index in [1.54, 1.807) is 12.3 Å². The van der Waals surface area contributed by atoms with Gasteiger partial charge in [-0.05, 0) is 118 Å². The number of hydrogen-bond donors (Lipinski definition) is 3. The number of aliphatic carboxylic acids is 1. The number of nitrogens with two attached hydrogens (primary N) is 1. The summed E-state index contributed by atoms with van der Waals surface area (Å²) in [5.41, 5.74) is 11.8. The Balaban J connectivity index is 1.11. The largest absolute Gasteiger partial charge is 0.493 e. The maximum atomic E-state index is 11.7. The van der Waals surface area contributed by atoms with Crippen molar-refractivity contribution < 1.29 is 34.0 Å². The molecule has 2 aliphatic rings. The topological polar surface area (TPSA) is 148 Å². The molecule has 4 aromatic rings. The number of nitrogens with zero attached hydrogens (tertiary/aromatic N) is 3. The summed E-state index contributed by atoms with van der Waals surface area (Å²) >= 11 is 6.88. The first-order valence-corrected chi connectivity index (χ1v) is 19.9. The third-order valence-corrected chi connectivity index (χ3v) is 11.6. The molecule has 2 saturated heterocycles. The molecule has 0 bridgehead atoms. The number of carbonyl (C=O) groups excluding carboxylic acids is 1. The summed E-state index contributed by atoms with van der Waals surface area (Å²) in [6.45, 7) is 9.75. The van der Waals surface area contributed by atoms with Gasteiger partial charge in [-0.15, -0.1) is 0 Å². The van der Waals surface area contributed by atoms with Crippen molar-refractivity contribution in [2.24, 2.45) is 11.1 Å². The number of amides is 1. The fourth-order valence-electron chi connectivity index (χ4n) is 7.63. The van der Waals surface area contributed by atoms with E-state index < -0.39 is 17.3 Å². The molecule has 0 unspecified atom stereocenters. The van der Waals surface area contributed by atoms with E-state index in [1.807, 2.05) is 30.3 Å². The molecule has 0 aliphatic carbocycles. The van der Waals surface area contributed by atoms with Crippen molar-refractivity contribution in [2.75, 3.05) is 45.9 Å².